The zero-order valence-corrected chi connectivity index (χ0v) is 14.2. The number of hydrogen-bond acceptors (Lipinski definition) is 5. The molecule has 1 aliphatic heterocycles. The van der Waals surface area contributed by atoms with Crippen LogP contribution in [0, 0.1) is 16.0 Å². The number of hydrogen-bond donors (Lipinski definition) is 1. The molecular weight excluding hydrogens is 363 g/mol. The molecule has 11 heteroatoms. The highest BCUT2D eigenvalue weighted by molar-refractivity contribution is 7.88. The van der Waals surface area contributed by atoms with Crippen LogP contribution in [0.25, 0.3) is 0 Å². The van der Waals surface area contributed by atoms with Gasteiger partial charge in [-0.15, -0.1) is 0 Å². The van der Waals surface area contributed by atoms with Crippen molar-refractivity contribution in [1.29, 1.82) is 0 Å². The van der Waals surface area contributed by atoms with E-state index >= 15 is 0 Å². The third-order valence-electron chi connectivity index (χ3n) is 3.99. The summed E-state index contributed by atoms with van der Waals surface area (Å²) in [6, 6.07) is 2.46. The van der Waals surface area contributed by atoms with Crippen LogP contribution < -0.4 is 9.62 Å². The number of halogens is 3. The van der Waals surface area contributed by atoms with Crippen molar-refractivity contribution in [3.63, 3.8) is 0 Å². The Labute approximate surface area is 143 Å². The minimum absolute atomic E-state index is 0.0784. The summed E-state index contributed by atoms with van der Waals surface area (Å²) in [5, 5.41) is 11.2. The fourth-order valence-corrected chi connectivity index (χ4v) is 3.37. The first-order valence-electron chi connectivity index (χ1n) is 7.52. The molecule has 1 atom stereocenters. The molecule has 0 bridgehead atoms. The number of nitro groups is 1. The first kappa shape index (κ1) is 19.4. The molecule has 1 aromatic rings. The second kappa shape index (κ2) is 7.16. The van der Waals surface area contributed by atoms with Crippen molar-refractivity contribution in [3.8, 4) is 0 Å². The van der Waals surface area contributed by atoms with Gasteiger partial charge in [-0.1, -0.05) is 0 Å². The largest absolute Gasteiger partial charge is 0.416 e. The lowest BCUT2D eigenvalue weighted by Crippen LogP contribution is -2.41. The van der Waals surface area contributed by atoms with E-state index in [2.05, 4.69) is 4.72 Å². The van der Waals surface area contributed by atoms with Crippen molar-refractivity contribution in [3.05, 3.63) is 33.9 Å². The zero-order chi connectivity index (χ0) is 18.8. The van der Waals surface area contributed by atoms with Gasteiger partial charge in [-0.05, 0) is 30.9 Å². The second-order valence-corrected chi connectivity index (χ2v) is 7.87. The molecule has 1 saturated heterocycles. The lowest BCUT2D eigenvalue weighted by atomic mass is 9.97. The molecule has 0 aromatic heterocycles. The van der Waals surface area contributed by atoms with Crippen LogP contribution in [0.2, 0.25) is 0 Å². The zero-order valence-electron chi connectivity index (χ0n) is 13.4. The summed E-state index contributed by atoms with van der Waals surface area (Å²) >= 11 is 0. The van der Waals surface area contributed by atoms with Gasteiger partial charge in [-0.2, -0.15) is 13.2 Å². The minimum Gasteiger partial charge on any atom is -0.366 e. The van der Waals surface area contributed by atoms with Crippen LogP contribution in [-0.4, -0.2) is 39.2 Å². The van der Waals surface area contributed by atoms with Crippen molar-refractivity contribution >= 4 is 21.4 Å². The summed E-state index contributed by atoms with van der Waals surface area (Å²) in [6.45, 7) is 0.972. The predicted octanol–water partition coefficient (Wildman–Crippen LogP) is 2.38. The van der Waals surface area contributed by atoms with Crippen LogP contribution in [0.15, 0.2) is 18.2 Å². The topological polar surface area (TPSA) is 92.6 Å². The minimum atomic E-state index is -4.66. The highest BCUT2D eigenvalue weighted by Crippen LogP contribution is 2.37. The fourth-order valence-electron chi connectivity index (χ4n) is 2.83. The maximum atomic E-state index is 12.8. The summed E-state index contributed by atoms with van der Waals surface area (Å²) in [4.78, 5) is 12.0. The Morgan fingerprint density at radius 2 is 2.08 bits per heavy atom. The number of sulfonamides is 1. The van der Waals surface area contributed by atoms with Crippen LogP contribution in [-0.2, 0) is 16.2 Å². The summed E-state index contributed by atoms with van der Waals surface area (Å²) in [5.41, 5.74) is -1.57. The van der Waals surface area contributed by atoms with E-state index in [1.165, 1.54) is 0 Å². The Bertz CT molecular complexity index is 752. The van der Waals surface area contributed by atoms with Crippen LogP contribution in [0.3, 0.4) is 0 Å². The molecule has 1 aromatic carbocycles. The van der Waals surface area contributed by atoms with Crippen molar-refractivity contribution in [2.45, 2.75) is 19.0 Å². The Hall–Kier alpha value is -1.88. The Morgan fingerprint density at radius 3 is 2.64 bits per heavy atom. The highest BCUT2D eigenvalue weighted by atomic mass is 32.2. The number of piperidine rings is 1. The first-order valence-corrected chi connectivity index (χ1v) is 9.42. The fraction of sp³-hybridized carbons (Fsp3) is 0.571. The third-order valence-corrected chi connectivity index (χ3v) is 4.68. The van der Waals surface area contributed by atoms with E-state index in [-0.39, 0.29) is 18.2 Å². The van der Waals surface area contributed by atoms with E-state index in [0.717, 1.165) is 24.8 Å². The monoisotopic (exact) mass is 381 g/mol. The molecule has 140 valence electrons. The average Bonchev–Trinajstić information content (AvgIpc) is 2.51. The van der Waals surface area contributed by atoms with E-state index < -0.39 is 32.4 Å². The molecule has 1 heterocycles. The Kier molecular flexibility index (Phi) is 5.57. The van der Waals surface area contributed by atoms with Crippen LogP contribution in [0.1, 0.15) is 18.4 Å². The number of anilines is 1. The molecule has 25 heavy (non-hydrogen) atoms. The molecule has 0 radical (unpaired) electrons. The molecule has 7 nitrogen and oxygen atoms in total. The smallest absolute Gasteiger partial charge is 0.366 e. The van der Waals surface area contributed by atoms with Gasteiger partial charge in [0.15, 0.2) is 0 Å². The number of rotatable bonds is 5. The Morgan fingerprint density at radius 1 is 1.40 bits per heavy atom. The van der Waals surface area contributed by atoms with Crippen LogP contribution in [0.5, 0.6) is 0 Å². The van der Waals surface area contributed by atoms with E-state index in [0.29, 0.717) is 25.6 Å². The first-order chi connectivity index (χ1) is 11.5. The standard InChI is InChI=1S/C14H18F3N3O4S/c1-25(23,24)18-8-10-3-2-6-19(9-10)12-5-4-11(14(15,16)17)7-13(12)20(21)22/h4-5,7,10,18H,2-3,6,8-9H2,1H3/t10-/m0/s1. The molecule has 0 aliphatic carbocycles. The van der Waals surface area contributed by atoms with Gasteiger partial charge in [0.2, 0.25) is 10.0 Å². The van der Waals surface area contributed by atoms with E-state index in [4.69, 9.17) is 0 Å². The van der Waals surface area contributed by atoms with Crippen LogP contribution in [0.4, 0.5) is 24.5 Å². The van der Waals surface area contributed by atoms with Gasteiger partial charge in [0.05, 0.1) is 16.7 Å². The molecule has 0 amide bonds. The number of nitrogens with zero attached hydrogens (tertiary/aromatic N) is 2. The van der Waals surface area contributed by atoms with Gasteiger partial charge >= 0.3 is 6.18 Å². The van der Waals surface area contributed by atoms with Gasteiger partial charge < -0.3 is 4.90 Å². The van der Waals surface area contributed by atoms with Gasteiger partial charge in [0.25, 0.3) is 5.69 Å². The number of nitro benzene ring substituents is 1. The molecule has 1 N–H and O–H groups in total. The SMILES string of the molecule is CS(=O)(=O)NC[C@@H]1CCCN(c2ccc(C(F)(F)F)cc2[N+](=O)[O-])C1. The molecule has 1 fully saturated rings. The van der Waals surface area contributed by atoms with E-state index in [1.54, 1.807) is 4.90 Å². The van der Waals surface area contributed by atoms with Crippen LogP contribution >= 0.6 is 0 Å². The maximum absolute atomic E-state index is 12.8. The van der Waals surface area contributed by atoms with E-state index in [1.807, 2.05) is 0 Å². The second-order valence-electron chi connectivity index (χ2n) is 6.03. The molecule has 0 saturated carbocycles. The normalized spacial score (nSPS) is 19.0. The lowest BCUT2D eigenvalue weighted by Gasteiger charge is -2.34. The lowest BCUT2D eigenvalue weighted by molar-refractivity contribution is -0.384. The molecule has 0 unspecified atom stereocenters. The van der Waals surface area contributed by atoms with Gasteiger partial charge in [-0.3, -0.25) is 10.1 Å². The summed E-state index contributed by atoms with van der Waals surface area (Å²) in [5.74, 6) is -0.0784. The summed E-state index contributed by atoms with van der Waals surface area (Å²) < 4.78 is 63.1. The molecule has 2 rings (SSSR count). The number of nitrogens with one attached hydrogen (secondary N) is 1. The number of alkyl halides is 3. The Balaban J connectivity index is 2.23. The van der Waals surface area contributed by atoms with Gasteiger partial charge in [0.1, 0.15) is 5.69 Å². The maximum Gasteiger partial charge on any atom is 0.416 e. The number of benzene rings is 1. The van der Waals surface area contributed by atoms with Crippen molar-refractivity contribution in [1.82, 2.24) is 4.72 Å². The predicted molar refractivity (Wildman–Crippen MR) is 85.9 cm³/mol. The van der Waals surface area contributed by atoms with E-state index in [9.17, 15) is 31.7 Å². The van der Waals surface area contributed by atoms with Crippen molar-refractivity contribution in [2.75, 3.05) is 30.8 Å². The quantitative estimate of drug-likeness (QED) is 0.624. The average molecular weight is 381 g/mol. The van der Waals surface area contributed by atoms with Crippen molar-refractivity contribution in [2.24, 2.45) is 5.92 Å². The highest BCUT2D eigenvalue weighted by Gasteiger charge is 2.34. The van der Waals surface area contributed by atoms with Crippen molar-refractivity contribution < 1.29 is 26.5 Å². The summed E-state index contributed by atoms with van der Waals surface area (Å²) in [7, 11) is -3.35. The molecular formula is C14H18F3N3O4S. The summed E-state index contributed by atoms with van der Waals surface area (Å²) in [6.07, 6.45) is -2.23. The third kappa shape index (κ3) is 5.30. The van der Waals surface area contributed by atoms with Gasteiger partial charge in [0, 0.05) is 25.7 Å². The van der Waals surface area contributed by atoms with Gasteiger partial charge in [-0.25, -0.2) is 13.1 Å². The molecule has 1 aliphatic rings. The molecule has 0 spiro atoms.